The summed E-state index contributed by atoms with van der Waals surface area (Å²) in [5, 5.41) is 2.49. The molecule has 1 aromatic carbocycles. The predicted molar refractivity (Wildman–Crippen MR) is 105 cm³/mol. The summed E-state index contributed by atoms with van der Waals surface area (Å²) >= 11 is 13.5. The van der Waals surface area contributed by atoms with Gasteiger partial charge in [0.25, 0.3) is 5.91 Å². The lowest BCUT2D eigenvalue weighted by Crippen LogP contribution is -2.54. The minimum Gasteiger partial charge on any atom is -0.462 e. The summed E-state index contributed by atoms with van der Waals surface area (Å²) in [5.74, 6) is -0.433. The molecule has 5 nitrogen and oxygen atoms in total. The van der Waals surface area contributed by atoms with Gasteiger partial charge in [-0.3, -0.25) is 14.6 Å². The van der Waals surface area contributed by atoms with Gasteiger partial charge in [0.2, 0.25) is 0 Å². The number of halogens is 2. The van der Waals surface area contributed by atoms with Gasteiger partial charge in [-0.25, -0.2) is 0 Å². The summed E-state index contributed by atoms with van der Waals surface area (Å²) in [6.45, 7) is -0.120. The van der Waals surface area contributed by atoms with E-state index in [0.29, 0.717) is 12.0 Å². The fourth-order valence-electron chi connectivity index (χ4n) is 5.14. The highest BCUT2D eigenvalue weighted by Crippen LogP contribution is 2.87. The standard InChI is InChI=1S/C21H18Cl2N2O3/c22-18-16-17-13(7-4-8-24-17)14-9-20(23,21(14,16)18)11-28-15(26)10-25-19(27)12-5-2-1-3-6-12/h1-8,14,16,18H,9-11H2,(H,25,27)/t14-,16+,18-,20-,21-/m1/s1. The summed E-state index contributed by atoms with van der Waals surface area (Å²) in [7, 11) is 0. The lowest BCUT2D eigenvalue weighted by molar-refractivity contribution is -0.145. The Hall–Kier alpha value is -2.11. The molecule has 1 heterocycles. The van der Waals surface area contributed by atoms with Gasteiger partial charge in [0.1, 0.15) is 13.2 Å². The number of nitrogens with zero attached hydrogens (tertiary/aromatic N) is 1. The number of carbonyl (C=O) groups excluding carboxylic acids is 2. The summed E-state index contributed by atoms with van der Waals surface area (Å²) in [5.41, 5.74) is 2.48. The minimum absolute atomic E-state index is 0.0809. The first-order valence-electron chi connectivity index (χ1n) is 9.26. The van der Waals surface area contributed by atoms with Gasteiger partial charge in [-0.15, -0.1) is 23.2 Å². The highest BCUT2D eigenvalue weighted by atomic mass is 35.5. The van der Waals surface area contributed by atoms with Crippen LogP contribution in [0.1, 0.15) is 39.9 Å². The lowest BCUT2D eigenvalue weighted by atomic mass is 9.60. The maximum absolute atomic E-state index is 12.1. The monoisotopic (exact) mass is 416 g/mol. The number of hydrogen-bond donors (Lipinski definition) is 1. The molecule has 0 radical (unpaired) electrons. The first kappa shape index (κ1) is 18.0. The summed E-state index contributed by atoms with van der Waals surface area (Å²) < 4.78 is 5.42. The van der Waals surface area contributed by atoms with Crippen molar-refractivity contribution >= 4 is 35.1 Å². The molecule has 0 bridgehead atoms. The minimum atomic E-state index is -0.686. The molecule has 1 N–H and O–H groups in total. The van der Waals surface area contributed by atoms with E-state index in [2.05, 4.69) is 16.4 Å². The van der Waals surface area contributed by atoms with Crippen LogP contribution in [-0.4, -0.2) is 40.3 Å². The molecular weight excluding hydrogens is 399 g/mol. The van der Waals surface area contributed by atoms with Crippen LogP contribution in [0.25, 0.3) is 0 Å². The SMILES string of the molecule is O=C(CNC(=O)c1ccccc1)OC[C@]1(Cl)C[C@@H]2c3cccnc3[C@H]3[C@@H](Cl)[C@@]231. The van der Waals surface area contributed by atoms with Gasteiger partial charge in [0, 0.05) is 28.8 Å². The van der Waals surface area contributed by atoms with Crippen LogP contribution in [0, 0.1) is 5.41 Å². The van der Waals surface area contributed by atoms with E-state index in [4.69, 9.17) is 27.9 Å². The molecular formula is C21H18Cl2N2O3. The molecule has 144 valence electrons. The number of rotatable bonds is 5. The van der Waals surface area contributed by atoms with Gasteiger partial charge in [-0.05, 0) is 36.1 Å². The predicted octanol–water partition coefficient (Wildman–Crippen LogP) is 3.22. The van der Waals surface area contributed by atoms with Gasteiger partial charge >= 0.3 is 5.97 Å². The second-order valence-corrected chi connectivity index (χ2v) is 8.92. The van der Waals surface area contributed by atoms with Crippen LogP contribution in [0.5, 0.6) is 0 Å². The Morgan fingerprint density at radius 3 is 2.79 bits per heavy atom. The van der Waals surface area contributed by atoms with E-state index >= 15 is 0 Å². The molecule has 2 saturated carbocycles. The molecule has 0 unspecified atom stereocenters. The number of pyridine rings is 1. The Balaban J connectivity index is 1.19. The van der Waals surface area contributed by atoms with Crippen molar-refractivity contribution in [3.8, 4) is 0 Å². The first-order valence-corrected chi connectivity index (χ1v) is 10.1. The Morgan fingerprint density at radius 2 is 2.00 bits per heavy atom. The molecule has 5 atom stereocenters. The van der Waals surface area contributed by atoms with Gasteiger partial charge in [0.15, 0.2) is 0 Å². The molecule has 7 heteroatoms. The Morgan fingerprint density at radius 1 is 1.21 bits per heavy atom. The average molecular weight is 417 g/mol. The van der Waals surface area contributed by atoms with Crippen molar-refractivity contribution in [2.45, 2.75) is 28.5 Å². The van der Waals surface area contributed by atoms with Crippen LogP contribution < -0.4 is 5.32 Å². The third-order valence-electron chi connectivity index (χ3n) is 6.47. The molecule has 1 spiro atoms. The van der Waals surface area contributed by atoms with E-state index in [9.17, 15) is 9.59 Å². The second kappa shape index (κ2) is 6.19. The zero-order chi connectivity index (χ0) is 19.5. The summed E-state index contributed by atoms with van der Waals surface area (Å²) in [4.78, 5) is 28.0. The fourth-order valence-corrected chi connectivity index (χ4v) is 6.52. The fraction of sp³-hybridized carbons (Fsp3) is 0.381. The Bertz CT molecular complexity index is 965. The number of carbonyl (C=O) groups is 2. The van der Waals surface area contributed by atoms with Gasteiger partial charge in [-0.1, -0.05) is 24.3 Å². The zero-order valence-electron chi connectivity index (χ0n) is 14.9. The van der Waals surface area contributed by atoms with E-state index in [0.717, 1.165) is 5.69 Å². The molecule has 28 heavy (non-hydrogen) atoms. The summed E-state index contributed by atoms with van der Waals surface area (Å²) in [6, 6.07) is 12.7. The maximum Gasteiger partial charge on any atom is 0.325 e. The Kier molecular flexibility index (Phi) is 3.97. The normalized spacial score (nSPS) is 33.7. The van der Waals surface area contributed by atoms with E-state index in [1.165, 1.54) is 5.56 Å². The highest BCUT2D eigenvalue weighted by molar-refractivity contribution is 6.31. The van der Waals surface area contributed by atoms with Crippen molar-refractivity contribution in [2.75, 3.05) is 13.2 Å². The molecule has 3 aliphatic rings. The third-order valence-corrected chi connectivity index (χ3v) is 7.67. The van der Waals surface area contributed by atoms with Crippen molar-refractivity contribution in [1.82, 2.24) is 10.3 Å². The number of benzene rings is 1. The molecule has 3 aliphatic carbocycles. The van der Waals surface area contributed by atoms with E-state index in [1.807, 2.05) is 12.1 Å². The van der Waals surface area contributed by atoms with E-state index in [1.54, 1.807) is 30.5 Å². The number of alkyl halides is 2. The number of aromatic nitrogens is 1. The smallest absolute Gasteiger partial charge is 0.325 e. The number of amides is 1. The average Bonchev–Trinajstić information content (AvgIpc) is 3.29. The highest BCUT2D eigenvalue weighted by Gasteiger charge is 2.87. The van der Waals surface area contributed by atoms with E-state index < -0.39 is 10.8 Å². The van der Waals surface area contributed by atoms with Crippen LogP contribution >= 0.6 is 23.2 Å². The number of nitrogens with one attached hydrogen (secondary N) is 1. The molecule has 5 rings (SSSR count). The Labute approximate surface area is 172 Å². The van der Waals surface area contributed by atoms with Crippen molar-refractivity contribution in [3.05, 3.63) is 65.5 Å². The molecule has 0 saturated heterocycles. The maximum atomic E-state index is 12.1. The lowest BCUT2D eigenvalue weighted by Gasteiger charge is -2.51. The van der Waals surface area contributed by atoms with E-state index in [-0.39, 0.29) is 41.7 Å². The van der Waals surface area contributed by atoms with Crippen molar-refractivity contribution in [3.63, 3.8) is 0 Å². The van der Waals surface area contributed by atoms with Gasteiger partial charge in [0.05, 0.1) is 10.3 Å². The number of ether oxygens (including phenoxy) is 1. The third kappa shape index (κ3) is 2.29. The number of esters is 1. The largest absolute Gasteiger partial charge is 0.462 e. The molecule has 2 aromatic rings. The van der Waals surface area contributed by atoms with Gasteiger partial charge < -0.3 is 10.1 Å². The number of hydrogen-bond acceptors (Lipinski definition) is 4. The van der Waals surface area contributed by atoms with Crippen molar-refractivity contribution in [1.29, 1.82) is 0 Å². The van der Waals surface area contributed by atoms with Crippen LogP contribution in [0.15, 0.2) is 48.7 Å². The van der Waals surface area contributed by atoms with Gasteiger partial charge in [-0.2, -0.15) is 0 Å². The molecule has 0 aliphatic heterocycles. The number of fused-ring (bicyclic) bond motifs is 3. The van der Waals surface area contributed by atoms with Crippen LogP contribution in [0.3, 0.4) is 0 Å². The van der Waals surface area contributed by atoms with Crippen LogP contribution in [-0.2, 0) is 9.53 Å². The summed E-state index contributed by atoms with van der Waals surface area (Å²) in [6.07, 6.45) is 2.49. The topological polar surface area (TPSA) is 68.3 Å². The van der Waals surface area contributed by atoms with Crippen LogP contribution in [0.2, 0.25) is 0 Å². The molecule has 1 aromatic heterocycles. The van der Waals surface area contributed by atoms with Crippen LogP contribution in [0.4, 0.5) is 0 Å². The molecule has 2 fully saturated rings. The first-order chi connectivity index (χ1) is 13.5. The second-order valence-electron chi connectivity index (χ2n) is 7.72. The zero-order valence-corrected chi connectivity index (χ0v) is 16.4. The molecule has 1 amide bonds. The van der Waals surface area contributed by atoms with Crippen molar-refractivity contribution < 1.29 is 14.3 Å². The quantitative estimate of drug-likeness (QED) is 0.599. The van der Waals surface area contributed by atoms with Crippen molar-refractivity contribution in [2.24, 2.45) is 5.41 Å².